The summed E-state index contributed by atoms with van der Waals surface area (Å²) in [6.45, 7) is 0. The van der Waals surface area contributed by atoms with E-state index >= 15 is 0 Å². The fourth-order valence-electron chi connectivity index (χ4n) is 0.876. The summed E-state index contributed by atoms with van der Waals surface area (Å²) >= 11 is 4.69. The normalized spacial score (nSPS) is 25.2. The van der Waals surface area contributed by atoms with Gasteiger partial charge in [-0.1, -0.05) is 0 Å². The molecule has 0 radical (unpaired) electrons. The van der Waals surface area contributed by atoms with E-state index in [0.29, 0.717) is 0 Å². The van der Waals surface area contributed by atoms with Crippen LogP contribution in [-0.2, 0) is 9.84 Å². The van der Waals surface area contributed by atoms with Gasteiger partial charge in [-0.2, -0.15) is 0 Å². The van der Waals surface area contributed by atoms with Crippen molar-refractivity contribution < 1.29 is 8.42 Å². The number of sulfone groups is 1. The Hall–Kier alpha value is -0.660. The van der Waals surface area contributed by atoms with Crippen LogP contribution in [-0.4, -0.2) is 25.3 Å². The lowest BCUT2D eigenvalue weighted by molar-refractivity contribution is 0.602. The summed E-state index contributed by atoms with van der Waals surface area (Å²) < 4.78 is 21.8. The Morgan fingerprint density at radius 1 is 1.67 bits per heavy atom. The third kappa shape index (κ3) is 2.43. The number of thiocarbonyl (C=S) groups is 1. The standard InChI is InChI=1S/C5H9N3O2S2/c6-8-5(11)7-4-1-2-12(9,10)3-4/h1-2,4H,3,6H2,(H2,7,8,11)/t4-/m0/s1. The van der Waals surface area contributed by atoms with E-state index in [1.165, 1.54) is 5.41 Å². The van der Waals surface area contributed by atoms with Crippen molar-refractivity contribution in [2.75, 3.05) is 5.75 Å². The Morgan fingerprint density at radius 2 is 2.33 bits per heavy atom. The predicted molar refractivity (Wildman–Crippen MR) is 49.8 cm³/mol. The Balaban J connectivity index is 2.51. The minimum atomic E-state index is -3.02. The van der Waals surface area contributed by atoms with E-state index in [0.717, 1.165) is 0 Å². The monoisotopic (exact) mass is 207 g/mol. The Morgan fingerprint density at radius 3 is 2.75 bits per heavy atom. The summed E-state index contributed by atoms with van der Waals surface area (Å²) in [6, 6.07) is -0.265. The van der Waals surface area contributed by atoms with E-state index in [2.05, 4.69) is 10.7 Å². The number of rotatable bonds is 1. The molecule has 0 saturated carbocycles. The van der Waals surface area contributed by atoms with Gasteiger partial charge in [0.25, 0.3) is 0 Å². The summed E-state index contributed by atoms with van der Waals surface area (Å²) in [5.41, 5.74) is 2.21. The Bertz CT molecular complexity index is 309. The molecule has 0 amide bonds. The molecule has 4 N–H and O–H groups in total. The first-order valence-electron chi connectivity index (χ1n) is 3.21. The molecule has 0 aromatic rings. The third-order valence-electron chi connectivity index (χ3n) is 1.38. The zero-order valence-corrected chi connectivity index (χ0v) is 7.78. The first kappa shape index (κ1) is 9.43. The summed E-state index contributed by atoms with van der Waals surface area (Å²) in [5, 5.41) is 4.12. The smallest absolute Gasteiger partial charge is 0.181 e. The van der Waals surface area contributed by atoms with Crippen LogP contribution in [0.3, 0.4) is 0 Å². The molecule has 1 aliphatic heterocycles. The van der Waals surface area contributed by atoms with Crippen molar-refractivity contribution in [3.05, 3.63) is 11.5 Å². The lowest BCUT2D eigenvalue weighted by Crippen LogP contribution is -2.45. The number of hydrogen-bond acceptors (Lipinski definition) is 4. The molecule has 1 aliphatic rings. The van der Waals surface area contributed by atoms with Gasteiger partial charge in [0.15, 0.2) is 14.9 Å². The number of nitrogens with one attached hydrogen (secondary N) is 2. The van der Waals surface area contributed by atoms with Crippen molar-refractivity contribution in [1.82, 2.24) is 10.7 Å². The minimum absolute atomic E-state index is 0.0365. The average molecular weight is 207 g/mol. The van der Waals surface area contributed by atoms with Crippen LogP contribution < -0.4 is 16.6 Å². The lowest BCUT2D eigenvalue weighted by atomic mass is 10.3. The highest BCUT2D eigenvalue weighted by molar-refractivity contribution is 7.94. The van der Waals surface area contributed by atoms with E-state index in [1.54, 1.807) is 6.08 Å². The van der Waals surface area contributed by atoms with Crippen molar-refractivity contribution in [3.63, 3.8) is 0 Å². The fourth-order valence-corrected chi connectivity index (χ4v) is 2.26. The van der Waals surface area contributed by atoms with E-state index in [1.807, 2.05) is 0 Å². The van der Waals surface area contributed by atoms with Gasteiger partial charge < -0.3 is 10.7 Å². The van der Waals surface area contributed by atoms with Gasteiger partial charge in [0.2, 0.25) is 0 Å². The summed E-state index contributed by atoms with van der Waals surface area (Å²) in [7, 11) is -3.02. The highest BCUT2D eigenvalue weighted by atomic mass is 32.2. The first-order valence-corrected chi connectivity index (χ1v) is 5.34. The van der Waals surface area contributed by atoms with Gasteiger partial charge >= 0.3 is 0 Å². The summed E-state index contributed by atoms with van der Waals surface area (Å²) in [5.74, 6) is 5.03. The van der Waals surface area contributed by atoms with Crippen molar-refractivity contribution in [1.29, 1.82) is 0 Å². The zero-order valence-electron chi connectivity index (χ0n) is 6.15. The SMILES string of the molecule is NNC(=S)N[C@H]1C=CS(=O)(=O)C1. The van der Waals surface area contributed by atoms with Crippen molar-refractivity contribution in [2.24, 2.45) is 5.84 Å². The van der Waals surface area contributed by atoms with E-state index in [-0.39, 0.29) is 16.9 Å². The highest BCUT2D eigenvalue weighted by Gasteiger charge is 2.21. The minimum Gasteiger partial charge on any atom is -0.354 e. The first-order chi connectivity index (χ1) is 5.53. The van der Waals surface area contributed by atoms with Crippen LogP contribution in [0.25, 0.3) is 0 Å². The molecule has 0 aromatic heterocycles. The second-order valence-corrected chi connectivity index (χ2v) is 4.72. The second-order valence-electron chi connectivity index (χ2n) is 2.38. The molecule has 0 aromatic carbocycles. The van der Waals surface area contributed by atoms with Gasteiger partial charge in [-0.25, -0.2) is 14.3 Å². The van der Waals surface area contributed by atoms with Gasteiger partial charge in [0.05, 0.1) is 11.8 Å². The van der Waals surface area contributed by atoms with Crippen LogP contribution >= 0.6 is 12.2 Å². The molecule has 1 heterocycles. The second kappa shape index (κ2) is 3.38. The number of hydrazine groups is 1. The van der Waals surface area contributed by atoms with Crippen LogP contribution in [0.4, 0.5) is 0 Å². The van der Waals surface area contributed by atoms with E-state index in [9.17, 15) is 8.42 Å². The molecule has 0 unspecified atom stereocenters. The molecule has 5 nitrogen and oxygen atoms in total. The maximum absolute atomic E-state index is 10.9. The molecule has 0 aliphatic carbocycles. The molecule has 0 fully saturated rings. The van der Waals surface area contributed by atoms with Crippen LogP contribution in [0.5, 0.6) is 0 Å². The molecule has 1 rings (SSSR count). The summed E-state index contributed by atoms with van der Waals surface area (Å²) in [6.07, 6.45) is 1.54. The summed E-state index contributed by atoms with van der Waals surface area (Å²) in [4.78, 5) is 0. The zero-order chi connectivity index (χ0) is 9.19. The molecular formula is C5H9N3O2S2. The van der Waals surface area contributed by atoms with Crippen molar-refractivity contribution in [3.8, 4) is 0 Å². The van der Waals surface area contributed by atoms with Crippen LogP contribution in [0.2, 0.25) is 0 Å². The van der Waals surface area contributed by atoms with Crippen molar-refractivity contribution in [2.45, 2.75) is 6.04 Å². The van der Waals surface area contributed by atoms with Crippen LogP contribution in [0.1, 0.15) is 0 Å². The van der Waals surface area contributed by atoms with E-state index in [4.69, 9.17) is 18.1 Å². The number of nitrogens with two attached hydrogens (primary N) is 1. The van der Waals surface area contributed by atoms with Crippen LogP contribution in [0, 0.1) is 0 Å². The van der Waals surface area contributed by atoms with Gasteiger partial charge in [-0.15, -0.1) is 0 Å². The number of hydrogen-bond donors (Lipinski definition) is 3. The quantitative estimate of drug-likeness (QED) is 0.280. The van der Waals surface area contributed by atoms with Gasteiger partial charge in [-0.05, 0) is 18.3 Å². The molecule has 68 valence electrons. The molecular weight excluding hydrogens is 198 g/mol. The molecule has 0 spiro atoms. The maximum atomic E-state index is 10.9. The average Bonchev–Trinajstić information content (AvgIpc) is 2.30. The molecule has 7 heteroatoms. The van der Waals surface area contributed by atoms with Gasteiger partial charge in [-0.3, -0.25) is 0 Å². The van der Waals surface area contributed by atoms with Crippen LogP contribution in [0.15, 0.2) is 11.5 Å². The Kier molecular flexibility index (Phi) is 2.65. The van der Waals surface area contributed by atoms with Gasteiger partial charge in [0, 0.05) is 5.41 Å². The molecule has 12 heavy (non-hydrogen) atoms. The molecule has 1 atom stereocenters. The Labute approximate surface area is 75.9 Å². The molecule has 0 bridgehead atoms. The topological polar surface area (TPSA) is 84.2 Å². The lowest BCUT2D eigenvalue weighted by Gasteiger charge is -2.10. The fraction of sp³-hybridized carbons (Fsp3) is 0.400. The highest BCUT2D eigenvalue weighted by Crippen LogP contribution is 2.07. The largest absolute Gasteiger partial charge is 0.354 e. The van der Waals surface area contributed by atoms with E-state index < -0.39 is 9.84 Å². The van der Waals surface area contributed by atoms with Crippen molar-refractivity contribution >= 4 is 27.2 Å². The third-order valence-corrected chi connectivity index (χ3v) is 3.01. The predicted octanol–water partition coefficient (Wildman–Crippen LogP) is -1.37. The van der Waals surface area contributed by atoms with Gasteiger partial charge in [0.1, 0.15) is 0 Å². The maximum Gasteiger partial charge on any atom is 0.181 e. The molecule has 0 saturated heterocycles.